The van der Waals surface area contributed by atoms with E-state index in [9.17, 15) is 0 Å². The standard InChI is InChI=1S/C12H10Cl2N3/c1-7-10-3-2-4-16(10)11-5-8(13)9(14)6-12(11)17(7)15/h2-6H,15H2,1H3/q+1. The number of nitrogens with two attached hydrogens (primary N) is 1. The van der Waals surface area contributed by atoms with Crippen LogP contribution >= 0.6 is 23.2 Å². The molecule has 0 atom stereocenters. The summed E-state index contributed by atoms with van der Waals surface area (Å²) >= 11 is 12.1. The maximum absolute atomic E-state index is 6.06. The van der Waals surface area contributed by atoms with Crippen molar-refractivity contribution in [3.05, 3.63) is 46.2 Å². The second kappa shape index (κ2) is 3.52. The molecule has 0 amide bonds. The molecule has 3 nitrogen and oxygen atoms in total. The molecule has 3 aromatic rings. The molecular formula is C12H10Cl2N3+. The van der Waals surface area contributed by atoms with E-state index in [2.05, 4.69) is 4.40 Å². The first-order valence-electron chi connectivity index (χ1n) is 5.15. The fourth-order valence-electron chi connectivity index (χ4n) is 2.10. The lowest BCUT2D eigenvalue weighted by Crippen LogP contribution is -2.48. The molecule has 17 heavy (non-hydrogen) atoms. The van der Waals surface area contributed by atoms with E-state index in [1.165, 1.54) is 0 Å². The molecule has 2 aromatic heterocycles. The van der Waals surface area contributed by atoms with Gasteiger partial charge in [0.1, 0.15) is 11.0 Å². The van der Waals surface area contributed by atoms with Gasteiger partial charge in [-0.2, -0.15) is 0 Å². The monoisotopic (exact) mass is 266 g/mol. The summed E-state index contributed by atoms with van der Waals surface area (Å²) in [6, 6.07) is 7.60. The zero-order valence-electron chi connectivity index (χ0n) is 9.11. The number of rotatable bonds is 0. The van der Waals surface area contributed by atoms with Crippen LogP contribution in [-0.4, -0.2) is 4.40 Å². The van der Waals surface area contributed by atoms with Crippen molar-refractivity contribution in [2.24, 2.45) is 0 Å². The third-order valence-electron chi connectivity index (χ3n) is 3.02. The van der Waals surface area contributed by atoms with Crippen LogP contribution in [0.2, 0.25) is 10.0 Å². The van der Waals surface area contributed by atoms with Gasteiger partial charge in [0.25, 0.3) is 5.52 Å². The molecule has 0 radical (unpaired) electrons. The van der Waals surface area contributed by atoms with Gasteiger partial charge >= 0.3 is 0 Å². The Kier molecular flexibility index (Phi) is 2.21. The van der Waals surface area contributed by atoms with E-state index in [1.54, 1.807) is 10.7 Å². The predicted octanol–water partition coefficient (Wildman–Crippen LogP) is 2.71. The van der Waals surface area contributed by atoms with Crippen LogP contribution in [0.15, 0.2) is 30.5 Å². The topological polar surface area (TPSA) is 34.3 Å². The minimum Gasteiger partial charge on any atom is -0.306 e. The number of aromatic nitrogens is 2. The molecule has 2 N–H and O–H groups in total. The largest absolute Gasteiger partial charge is 0.306 e. The maximum atomic E-state index is 6.06. The van der Waals surface area contributed by atoms with Crippen LogP contribution in [-0.2, 0) is 0 Å². The molecule has 5 heteroatoms. The molecule has 0 aliphatic rings. The van der Waals surface area contributed by atoms with Gasteiger partial charge in [-0.05, 0) is 18.2 Å². The van der Waals surface area contributed by atoms with Crippen LogP contribution < -0.4 is 10.5 Å². The Hall–Kier alpha value is -1.45. The quantitative estimate of drug-likeness (QED) is 0.493. The van der Waals surface area contributed by atoms with Crippen molar-refractivity contribution in [2.45, 2.75) is 6.92 Å². The van der Waals surface area contributed by atoms with E-state index in [4.69, 9.17) is 29.0 Å². The third kappa shape index (κ3) is 1.39. The summed E-state index contributed by atoms with van der Waals surface area (Å²) in [5, 5.41) is 1.03. The molecule has 3 rings (SSSR count). The number of nitrogens with zero attached hydrogens (tertiary/aromatic N) is 2. The smallest absolute Gasteiger partial charge is 0.260 e. The molecule has 0 aliphatic carbocycles. The number of benzene rings is 1. The normalized spacial score (nSPS) is 11.5. The average Bonchev–Trinajstić information content (AvgIpc) is 2.78. The van der Waals surface area contributed by atoms with Crippen molar-refractivity contribution in [1.29, 1.82) is 0 Å². The summed E-state index contributed by atoms with van der Waals surface area (Å²) < 4.78 is 3.68. The Balaban J connectivity index is 2.65. The van der Waals surface area contributed by atoms with E-state index in [1.807, 2.05) is 31.3 Å². The van der Waals surface area contributed by atoms with Gasteiger partial charge in [-0.3, -0.25) is 0 Å². The molecule has 0 aliphatic heterocycles. The highest BCUT2D eigenvalue weighted by molar-refractivity contribution is 6.42. The highest BCUT2D eigenvalue weighted by Crippen LogP contribution is 2.27. The van der Waals surface area contributed by atoms with Crippen molar-refractivity contribution in [3.8, 4) is 0 Å². The maximum Gasteiger partial charge on any atom is 0.260 e. The molecular weight excluding hydrogens is 257 g/mol. The molecule has 0 bridgehead atoms. The summed E-state index contributed by atoms with van der Waals surface area (Å²) in [5.41, 5.74) is 3.81. The SMILES string of the molecule is Cc1c2cccn2c2cc(Cl)c(Cl)cc2[n+]1N. The first kappa shape index (κ1) is 10.7. The second-order valence-electron chi connectivity index (χ2n) is 3.97. The Morgan fingerprint density at radius 1 is 1.18 bits per heavy atom. The molecule has 2 heterocycles. The lowest BCUT2D eigenvalue weighted by Gasteiger charge is -2.05. The highest BCUT2D eigenvalue weighted by Gasteiger charge is 2.18. The van der Waals surface area contributed by atoms with E-state index in [-0.39, 0.29) is 0 Å². The van der Waals surface area contributed by atoms with Crippen molar-refractivity contribution in [1.82, 2.24) is 4.40 Å². The van der Waals surface area contributed by atoms with Crippen molar-refractivity contribution in [3.63, 3.8) is 0 Å². The van der Waals surface area contributed by atoms with E-state index >= 15 is 0 Å². The first-order chi connectivity index (χ1) is 8.09. The van der Waals surface area contributed by atoms with E-state index < -0.39 is 0 Å². The fourth-order valence-corrected chi connectivity index (χ4v) is 2.42. The Morgan fingerprint density at radius 2 is 1.88 bits per heavy atom. The van der Waals surface area contributed by atoms with Gasteiger partial charge < -0.3 is 4.40 Å². The summed E-state index contributed by atoms with van der Waals surface area (Å²) in [6.45, 7) is 1.97. The van der Waals surface area contributed by atoms with Gasteiger partial charge in [0.15, 0.2) is 0 Å². The van der Waals surface area contributed by atoms with Gasteiger partial charge in [0.05, 0.1) is 10.0 Å². The Labute approximate surface area is 108 Å². The van der Waals surface area contributed by atoms with Gasteiger partial charge in [-0.1, -0.05) is 27.9 Å². The summed E-state index contributed by atoms with van der Waals surface area (Å²) in [5.74, 6) is 6.06. The van der Waals surface area contributed by atoms with Gasteiger partial charge in [0.2, 0.25) is 5.69 Å². The van der Waals surface area contributed by atoms with Crippen LogP contribution in [0.4, 0.5) is 0 Å². The van der Waals surface area contributed by atoms with Crippen molar-refractivity contribution >= 4 is 39.8 Å². The fraction of sp³-hybridized carbons (Fsp3) is 0.0833. The van der Waals surface area contributed by atoms with Gasteiger partial charge in [0, 0.05) is 19.2 Å². The van der Waals surface area contributed by atoms with Crippen molar-refractivity contribution in [2.75, 3.05) is 5.84 Å². The molecule has 0 saturated carbocycles. The van der Waals surface area contributed by atoms with Gasteiger partial charge in [-0.25, -0.2) is 5.84 Å². The Bertz CT molecular complexity index is 746. The minimum atomic E-state index is 0.504. The zero-order valence-corrected chi connectivity index (χ0v) is 10.6. The predicted molar refractivity (Wildman–Crippen MR) is 70.0 cm³/mol. The van der Waals surface area contributed by atoms with E-state index in [0.29, 0.717) is 10.0 Å². The summed E-state index contributed by atoms with van der Waals surface area (Å²) in [6.07, 6.45) is 1.98. The summed E-state index contributed by atoms with van der Waals surface area (Å²) in [4.78, 5) is 0. The number of hydrogen-bond acceptors (Lipinski definition) is 1. The highest BCUT2D eigenvalue weighted by atomic mass is 35.5. The molecule has 0 unspecified atom stereocenters. The van der Waals surface area contributed by atoms with Crippen LogP contribution in [0.5, 0.6) is 0 Å². The lowest BCUT2D eigenvalue weighted by molar-refractivity contribution is -0.617. The molecule has 1 aromatic carbocycles. The molecule has 86 valence electrons. The van der Waals surface area contributed by atoms with Crippen LogP contribution in [0, 0.1) is 6.92 Å². The number of nitrogen functional groups attached to an aromatic ring is 1. The number of hydrogen-bond donors (Lipinski definition) is 1. The molecule has 0 saturated heterocycles. The minimum absolute atomic E-state index is 0.504. The van der Waals surface area contributed by atoms with Crippen LogP contribution in [0.25, 0.3) is 16.6 Å². The first-order valence-corrected chi connectivity index (χ1v) is 5.90. The van der Waals surface area contributed by atoms with Crippen molar-refractivity contribution < 1.29 is 4.68 Å². The second-order valence-corrected chi connectivity index (χ2v) is 4.79. The van der Waals surface area contributed by atoms with Crippen LogP contribution in [0.1, 0.15) is 5.69 Å². The van der Waals surface area contributed by atoms with Gasteiger partial charge in [-0.15, -0.1) is 0 Å². The third-order valence-corrected chi connectivity index (χ3v) is 3.74. The Morgan fingerprint density at radius 3 is 2.65 bits per heavy atom. The molecule has 0 spiro atoms. The zero-order chi connectivity index (χ0) is 12.2. The molecule has 0 fully saturated rings. The van der Waals surface area contributed by atoms with E-state index in [0.717, 1.165) is 22.2 Å². The average molecular weight is 267 g/mol. The lowest BCUT2D eigenvalue weighted by atomic mass is 10.2. The van der Waals surface area contributed by atoms with Crippen LogP contribution in [0.3, 0.4) is 0 Å². The number of halogens is 2. The summed E-state index contributed by atoms with van der Waals surface area (Å²) in [7, 11) is 0. The number of fused-ring (bicyclic) bond motifs is 3. The number of aryl methyl sites for hydroxylation is 1.